The summed E-state index contributed by atoms with van der Waals surface area (Å²) in [6.45, 7) is 4.91. The molecule has 11 heavy (non-hydrogen) atoms. The molecule has 0 saturated carbocycles. The quantitative estimate of drug-likeness (QED) is 0.583. The molecule has 0 unspecified atom stereocenters. The fraction of sp³-hybridized carbons (Fsp3) is 1.00. The van der Waals surface area contributed by atoms with Gasteiger partial charge in [-0.05, 0) is 26.7 Å². The van der Waals surface area contributed by atoms with Crippen LogP contribution in [0.2, 0.25) is 0 Å². The van der Waals surface area contributed by atoms with Crippen LogP contribution in [0.5, 0.6) is 0 Å². The van der Waals surface area contributed by atoms with E-state index in [0.29, 0.717) is 6.10 Å². The molecule has 64 valence electrons. The van der Waals surface area contributed by atoms with Gasteiger partial charge in [0.2, 0.25) is 0 Å². The highest BCUT2D eigenvalue weighted by Crippen LogP contribution is 2.47. The second-order valence-electron chi connectivity index (χ2n) is 3.73. The maximum atomic E-state index is 5.73. The van der Waals surface area contributed by atoms with Gasteiger partial charge in [0, 0.05) is 0 Å². The van der Waals surface area contributed by atoms with Crippen molar-refractivity contribution in [2.45, 2.75) is 42.9 Å². The molecule has 2 fully saturated rings. The van der Waals surface area contributed by atoms with Crippen molar-refractivity contribution < 1.29 is 9.47 Å². The van der Waals surface area contributed by atoms with E-state index in [9.17, 15) is 0 Å². The molecule has 2 bridgehead atoms. The number of hydrogen-bond donors (Lipinski definition) is 0. The standard InChI is InChI=1S/C8H13BrO2/c1-7(9)4-3-6-5-10-8(7,2)11-6/h6H,3-5H2,1-2H3/t6-,7-,8+/m1/s1. The Kier molecular flexibility index (Phi) is 1.61. The Balaban J connectivity index is 2.27. The molecular formula is C8H13BrO2. The first-order valence-electron chi connectivity index (χ1n) is 4.04. The zero-order valence-corrected chi connectivity index (χ0v) is 8.48. The molecule has 0 aromatic rings. The molecule has 0 N–H and O–H groups in total. The maximum absolute atomic E-state index is 5.73. The predicted octanol–water partition coefficient (Wildman–Crippen LogP) is 2.07. The monoisotopic (exact) mass is 220 g/mol. The molecule has 0 aromatic carbocycles. The van der Waals surface area contributed by atoms with Crippen molar-refractivity contribution in [1.82, 2.24) is 0 Å². The molecule has 2 rings (SSSR count). The zero-order valence-electron chi connectivity index (χ0n) is 6.89. The summed E-state index contributed by atoms with van der Waals surface area (Å²) in [6, 6.07) is 0. The minimum absolute atomic E-state index is 0.00694. The summed E-state index contributed by atoms with van der Waals surface area (Å²) >= 11 is 3.65. The number of hydrogen-bond acceptors (Lipinski definition) is 2. The normalized spacial score (nSPS) is 56.5. The summed E-state index contributed by atoms with van der Waals surface area (Å²) < 4.78 is 11.3. The van der Waals surface area contributed by atoms with Crippen LogP contribution in [-0.2, 0) is 9.47 Å². The summed E-state index contributed by atoms with van der Waals surface area (Å²) in [6.07, 6.45) is 2.58. The Morgan fingerprint density at radius 3 is 2.82 bits per heavy atom. The molecule has 2 nitrogen and oxygen atoms in total. The smallest absolute Gasteiger partial charge is 0.181 e. The van der Waals surface area contributed by atoms with Gasteiger partial charge in [-0.25, -0.2) is 0 Å². The van der Waals surface area contributed by atoms with E-state index in [4.69, 9.17) is 9.47 Å². The molecule has 2 heterocycles. The van der Waals surface area contributed by atoms with E-state index in [0.717, 1.165) is 19.4 Å². The van der Waals surface area contributed by atoms with Crippen LogP contribution in [0.1, 0.15) is 26.7 Å². The van der Waals surface area contributed by atoms with Crippen molar-refractivity contribution in [2.75, 3.05) is 6.61 Å². The number of rotatable bonds is 0. The molecule has 0 spiro atoms. The van der Waals surface area contributed by atoms with Crippen LogP contribution in [0.25, 0.3) is 0 Å². The predicted molar refractivity (Wildman–Crippen MR) is 45.8 cm³/mol. The Hall–Kier alpha value is 0.400. The molecule has 2 saturated heterocycles. The lowest BCUT2D eigenvalue weighted by molar-refractivity contribution is -0.190. The van der Waals surface area contributed by atoms with Gasteiger partial charge in [0.15, 0.2) is 5.79 Å². The zero-order chi connectivity index (χ0) is 8.11. The van der Waals surface area contributed by atoms with Gasteiger partial charge in [-0.15, -0.1) is 0 Å². The van der Waals surface area contributed by atoms with Gasteiger partial charge in [0.05, 0.1) is 17.0 Å². The number of fused-ring (bicyclic) bond motifs is 2. The second-order valence-corrected chi connectivity index (χ2v) is 5.48. The van der Waals surface area contributed by atoms with Crippen LogP contribution in [0, 0.1) is 0 Å². The highest BCUT2D eigenvalue weighted by Gasteiger charge is 2.54. The van der Waals surface area contributed by atoms with Crippen LogP contribution in [-0.4, -0.2) is 22.8 Å². The minimum Gasteiger partial charge on any atom is -0.346 e. The Morgan fingerprint density at radius 2 is 2.18 bits per heavy atom. The largest absolute Gasteiger partial charge is 0.346 e. The molecule has 2 aliphatic heterocycles. The van der Waals surface area contributed by atoms with Crippen molar-refractivity contribution in [3.8, 4) is 0 Å². The van der Waals surface area contributed by atoms with Crippen molar-refractivity contribution >= 4 is 15.9 Å². The average molecular weight is 221 g/mol. The lowest BCUT2D eigenvalue weighted by Gasteiger charge is -2.41. The van der Waals surface area contributed by atoms with Gasteiger partial charge in [-0.2, -0.15) is 0 Å². The molecule has 0 aliphatic carbocycles. The van der Waals surface area contributed by atoms with Crippen LogP contribution < -0.4 is 0 Å². The first-order chi connectivity index (χ1) is 5.04. The number of alkyl halides is 1. The van der Waals surface area contributed by atoms with E-state index < -0.39 is 5.79 Å². The highest BCUT2D eigenvalue weighted by atomic mass is 79.9. The molecular weight excluding hydrogens is 208 g/mol. The van der Waals surface area contributed by atoms with Gasteiger partial charge in [0.1, 0.15) is 0 Å². The highest BCUT2D eigenvalue weighted by molar-refractivity contribution is 9.10. The average Bonchev–Trinajstić information content (AvgIpc) is 2.25. The summed E-state index contributed by atoms with van der Waals surface area (Å²) in [5.74, 6) is -0.393. The summed E-state index contributed by atoms with van der Waals surface area (Å²) in [7, 11) is 0. The van der Waals surface area contributed by atoms with E-state index >= 15 is 0 Å². The fourth-order valence-corrected chi connectivity index (χ4v) is 2.15. The van der Waals surface area contributed by atoms with E-state index in [1.54, 1.807) is 0 Å². The lowest BCUT2D eigenvalue weighted by atomic mass is 9.93. The van der Waals surface area contributed by atoms with Gasteiger partial charge < -0.3 is 9.47 Å². The lowest BCUT2D eigenvalue weighted by Crippen LogP contribution is -2.49. The van der Waals surface area contributed by atoms with E-state index in [-0.39, 0.29) is 4.32 Å². The van der Waals surface area contributed by atoms with Crippen molar-refractivity contribution in [2.24, 2.45) is 0 Å². The van der Waals surface area contributed by atoms with Crippen LogP contribution in [0.15, 0.2) is 0 Å². The molecule has 2 aliphatic rings. The topological polar surface area (TPSA) is 18.5 Å². The van der Waals surface area contributed by atoms with Gasteiger partial charge in [0.25, 0.3) is 0 Å². The first kappa shape index (κ1) is 8.02. The summed E-state index contributed by atoms with van der Waals surface area (Å²) in [4.78, 5) is 0. The maximum Gasteiger partial charge on any atom is 0.181 e. The molecule has 0 aromatic heterocycles. The third-order valence-corrected chi connectivity index (χ3v) is 3.94. The van der Waals surface area contributed by atoms with E-state index in [2.05, 4.69) is 22.9 Å². The third kappa shape index (κ3) is 1.05. The van der Waals surface area contributed by atoms with Gasteiger partial charge >= 0.3 is 0 Å². The molecule has 0 radical (unpaired) electrons. The summed E-state index contributed by atoms with van der Waals surface area (Å²) in [5.41, 5.74) is 0. The second kappa shape index (κ2) is 2.21. The summed E-state index contributed by atoms with van der Waals surface area (Å²) in [5, 5.41) is 0. The first-order valence-corrected chi connectivity index (χ1v) is 4.83. The Bertz CT molecular complexity index is 181. The number of ether oxygens (including phenoxy) is 2. The van der Waals surface area contributed by atoms with Crippen molar-refractivity contribution in [3.05, 3.63) is 0 Å². The van der Waals surface area contributed by atoms with E-state index in [1.807, 2.05) is 6.92 Å². The molecule has 0 amide bonds. The van der Waals surface area contributed by atoms with Crippen molar-refractivity contribution in [1.29, 1.82) is 0 Å². The fourth-order valence-electron chi connectivity index (χ4n) is 1.71. The van der Waals surface area contributed by atoms with Gasteiger partial charge in [-0.1, -0.05) is 15.9 Å². The van der Waals surface area contributed by atoms with Crippen molar-refractivity contribution in [3.63, 3.8) is 0 Å². The van der Waals surface area contributed by atoms with Crippen LogP contribution >= 0.6 is 15.9 Å². The third-order valence-electron chi connectivity index (χ3n) is 2.82. The van der Waals surface area contributed by atoms with Crippen LogP contribution in [0.3, 0.4) is 0 Å². The Morgan fingerprint density at radius 1 is 1.45 bits per heavy atom. The van der Waals surface area contributed by atoms with Gasteiger partial charge in [-0.3, -0.25) is 0 Å². The van der Waals surface area contributed by atoms with E-state index in [1.165, 1.54) is 0 Å². The minimum atomic E-state index is -0.393. The number of halogens is 1. The van der Waals surface area contributed by atoms with Crippen LogP contribution in [0.4, 0.5) is 0 Å². The molecule has 3 heteroatoms. The Labute approximate surface area is 75.4 Å². The molecule has 3 atom stereocenters. The SMILES string of the molecule is C[C@@]12OC[C@@H](CC[C@@]1(C)Br)O2.